The van der Waals surface area contributed by atoms with E-state index in [9.17, 15) is 4.79 Å². The smallest absolute Gasteiger partial charge is 0.407 e. The third kappa shape index (κ3) is 2.00. The van der Waals surface area contributed by atoms with Crippen molar-refractivity contribution in [3.63, 3.8) is 0 Å². The normalized spacial score (nSPS) is 37.1. The quantitative estimate of drug-likeness (QED) is 0.915. The van der Waals surface area contributed by atoms with Gasteiger partial charge in [0.1, 0.15) is 6.61 Å². The number of ether oxygens (including phenoxy) is 1. The molecule has 0 aromatic heterocycles. The van der Waals surface area contributed by atoms with Gasteiger partial charge in [-0.1, -0.05) is 30.3 Å². The molecule has 0 radical (unpaired) electrons. The summed E-state index contributed by atoms with van der Waals surface area (Å²) in [6.45, 7) is 0.362. The van der Waals surface area contributed by atoms with Crippen molar-refractivity contribution in [3.8, 4) is 0 Å². The second-order valence-electron chi connectivity index (χ2n) is 6.63. The Kier molecular flexibility index (Phi) is 2.94. The third-order valence-corrected chi connectivity index (χ3v) is 5.67. The van der Waals surface area contributed by atoms with E-state index in [2.05, 4.69) is 5.32 Å². The number of hydrogen-bond acceptors (Lipinski definition) is 2. The van der Waals surface area contributed by atoms with Gasteiger partial charge in [0.05, 0.1) is 0 Å². The number of amides is 1. The fourth-order valence-electron chi connectivity index (χ4n) is 4.70. The molecule has 4 bridgehead atoms. The Hall–Kier alpha value is -1.51. The maximum Gasteiger partial charge on any atom is 0.407 e. The Morgan fingerprint density at radius 3 is 2.65 bits per heavy atom. The van der Waals surface area contributed by atoms with E-state index in [1.165, 1.54) is 25.7 Å². The lowest BCUT2D eigenvalue weighted by atomic mass is 9.46. The first-order chi connectivity index (χ1) is 9.81. The number of hydrogen-bond donors (Lipinski definition) is 1. The zero-order valence-electron chi connectivity index (χ0n) is 11.6. The zero-order chi connectivity index (χ0) is 13.5. The Bertz CT molecular complexity index is 497. The number of benzene rings is 1. The molecule has 20 heavy (non-hydrogen) atoms. The van der Waals surface area contributed by atoms with E-state index in [4.69, 9.17) is 4.74 Å². The fraction of sp³-hybridized carbons (Fsp3) is 0.588. The predicted molar refractivity (Wildman–Crippen MR) is 76.0 cm³/mol. The lowest BCUT2D eigenvalue weighted by Gasteiger charge is -2.61. The van der Waals surface area contributed by atoms with E-state index in [0.717, 1.165) is 23.3 Å². The number of nitrogens with one attached hydrogen (secondary N) is 1. The Morgan fingerprint density at radius 1 is 1.10 bits per heavy atom. The molecule has 0 heterocycles. The van der Waals surface area contributed by atoms with Gasteiger partial charge in [0.15, 0.2) is 0 Å². The van der Waals surface area contributed by atoms with E-state index in [-0.39, 0.29) is 6.09 Å². The van der Waals surface area contributed by atoms with Gasteiger partial charge in [-0.15, -0.1) is 0 Å². The number of rotatable bonds is 3. The summed E-state index contributed by atoms with van der Waals surface area (Å²) in [5.74, 6) is 3.29. The van der Waals surface area contributed by atoms with Crippen LogP contribution in [0.5, 0.6) is 0 Å². The van der Waals surface area contributed by atoms with E-state index in [1.54, 1.807) is 0 Å². The molecule has 5 rings (SSSR count). The molecule has 1 aromatic rings. The van der Waals surface area contributed by atoms with Gasteiger partial charge < -0.3 is 10.1 Å². The van der Waals surface area contributed by atoms with Crippen molar-refractivity contribution in [2.75, 3.05) is 0 Å². The summed E-state index contributed by atoms with van der Waals surface area (Å²) in [7, 11) is 0. The largest absolute Gasteiger partial charge is 0.445 e. The van der Waals surface area contributed by atoms with Crippen molar-refractivity contribution in [2.45, 2.75) is 38.3 Å². The summed E-state index contributed by atoms with van der Waals surface area (Å²) in [6, 6.07) is 10.2. The molecular formula is C17H21NO2. The van der Waals surface area contributed by atoms with Crippen molar-refractivity contribution in [1.82, 2.24) is 5.32 Å². The predicted octanol–water partition coefficient (Wildman–Crippen LogP) is 3.35. The van der Waals surface area contributed by atoms with E-state index in [1.807, 2.05) is 30.3 Å². The second-order valence-corrected chi connectivity index (χ2v) is 6.63. The van der Waals surface area contributed by atoms with Gasteiger partial charge in [-0.2, -0.15) is 0 Å². The van der Waals surface area contributed by atoms with Gasteiger partial charge in [0.25, 0.3) is 0 Å². The van der Waals surface area contributed by atoms with Gasteiger partial charge >= 0.3 is 6.09 Å². The highest BCUT2D eigenvalue weighted by atomic mass is 16.5. The molecule has 4 fully saturated rings. The molecule has 5 atom stereocenters. The molecule has 0 saturated heterocycles. The van der Waals surface area contributed by atoms with Crippen molar-refractivity contribution >= 4 is 6.09 Å². The maximum absolute atomic E-state index is 12.0. The zero-order valence-corrected chi connectivity index (χ0v) is 11.6. The summed E-state index contributed by atoms with van der Waals surface area (Å²) in [6.07, 6.45) is 5.09. The number of fused-ring (bicyclic) bond motifs is 1. The van der Waals surface area contributed by atoms with Gasteiger partial charge in [-0.05, 0) is 54.9 Å². The van der Waals surface area contributed by atoms with Crippen LogP contribution in [0.2, 0.25) is 0 Å². The standard InChI is InChI=1S/C17H21NO2/c19-17(20-10-11-4-2-1-3-5-11)18-16-12-6-7-14-13(8-12)9-15(14)16/h1-5,12-16H,6-10H2,(H,18,19). The number of carbonyl (C=O) groups excluding carboxylic acids is 1. The van der Waals surface area contributed by atoms with Gasteiger partial charge in [-0.25, -0.2) is 4.79 Å². The van der Waals surface area contributed by atoms with Gasteiger partial charge in [0.2, 0.25) is 0 Å². The summed E-state index contributed by atoms with van der Waals surface area (Å²) in [4.78, 5) is 12.0. The molecule has 3 heteroatoms. The van der Waals surface area contributed by atoms with Crippen molar-refractivity contribution in [2.24, 2.45) is 23.7 Å². The van der Waals surface area contributed by atoms with Crippen molar-refractivity contribution in [3.05, 3.63) is 35.9 Å². The van der Waals surface area contributed by atoms with Crippen LogP contribution < -0.4 is 5.32 Å². The summed E-state index contributed by atoms with van der Waals surface area (Å²) < 4.78 is 5.35. The van der Waals surface area contributed by atoms with Crippen LogP contribution in [0, 0.1) is 23.7 Å². The highest BCUT2D eigenvalue weighted by Crippen LogP contribution is 2.59. The van der Waals surface area contributed by atoms with Crippen LogP contribution in [0.25, 0.3) is 0 Å². The SMILES string of the molecule is O=C(NC1C2CCC3C(C2)CC31)OCc1ccccc1. The van der Waals surface area contributed by atoms with Crippen molar-refractivity contribution in [1.29, 1.82) is 0 Å². The molecule has 4 saturated carbocycles. The minimum absolute atomic E-state index is 0.241. The molecule has 0 aliphatic heterocycles. The van der Waals surface area contributed by atoms with Gasteiger partial charge in [0, 0.05) is 6.04 Å². The topological polar surface area (TPSA) is 38.3 Å². The lowest BCUT2D eigenvalue weighted by molar-refractivity contribution is -0.0961. The summed E-state index contributed by atoms with van der Waals surface area (Å²) >= 11 is 0. The molecule has 106 valence electrons. The average molecular weight is 271 g/mol. The molecule has 0 spiro atoms. The fourth-order valence-corrected chi connectivity index (χ4v) is 4.70. The first-order valence-electron chi connectivity index (χ1n) is 7.78. The molecule has 3 nitrogen and oxygen atoms in total. The van der Waals surface area contributed by atoms with Crippen LogP contribution in [-0.2, 0) is 11.3 Å². The molecule has 5 unspecified atom stereocenters. The lowest BCUT2D eigenvalue weighted by Crippen LogP contribution is -2.62. The van der Waals surface area contributed by atoms with Crippen molar-refractivity contribution < 1.29 is 9.53 Å². The molecule has 1 aromatic carbocycles. The average Bonchev–Trinajstić information content (AvgIpc) is 2.47. The van der Waals surface area contributed by atoms with Crippen LogP contribution in [0.3, 0.4) is 0 Å². The molecule has 1 amide bonds. The number of carbonyl (C=O) groups is 1. The monoisotopic (exact) mass is 271 g/mol. The minimum Gasteiger partial charge on any atom is -0.445 e. The van der Waals surface area contributed by atoms with Crippen LogP contribution in [0.1, 0.15) is 31.2 Å². The second kappa shape index (κ2) is 4.80. The van der Waals surface area contributed by atoms with Crippen LogP contribution in [0.4, 0.5) is 4.79 Å². The molecule has 4 aliphatic rings. The Balaban J connectivity index is 1.32. The first kappa shape index (κ1) is 12.2. The maximum atomic E-state index is 12.0. The first-order valence-corrected chi connectivity index (χ1v) is 7.78. The minimum atomic E-state index is -0.241. The van der Waals surface area contributed by atoms with Crippen LogP contribution in [-0.4, -0.2) is 12.1 Å². The van der Waals surface area contributed by atoms with Crippen LogP contribution in [0.15, 0.2) is 30.3 Å². The van der Waals surface area contributed by atoms with Gasteiger partial charge in [-0.3, -0.25) is 0 Å². The van der Waals surface area contributed by atoms with E-state index < -0.39 is 0 Å². The van der Waals surface area contributed by atoms with E-state index >= 15 is 0 Å². The summed E-state index contributed by atoms with van der Waals surface area (Å²) in [5.41, 5.74) is 1.04. The third-order valence-electron chi connectivity index (χ3n) is 5.67. The number of alkyl carbamates (subject to hydrolysis) is 1. The molecule has 1 N–H and O–H groups in total. The highest BCUT2D eigenvalue weighted by molar-refractivity contribution is 5.67. The Morgan fingerprint density at radius 2 is 1.95 bits per heavy atom. The molecular weight excluding hydrogens is 250 g/mol. The van der Waals surface area contributed by atoms with E-state index in [0.29, 0.717) is 18.6 Å². The summed E-state index contributed by atoms with van der Waals surface area (Å²) in [5, 5.41) is 3.15. The van der Waals surface area contributed by atoms with Crippen LogP contribution >= 0.6 is 0 Å². The Labute approximate surface area is 119 Å². The highest BCUT2D eigenvalue weighted by Gasteiger charge is 2.56. The molecule has 4 aliphatic carbocycles.